The number of rotatable bonds is 3. The van der Waals surface area contributed by atoms with Crippen LogP contribution < -0.4 is 5.56 Å². The minimum absolute atomic E-state index is 0.0200. The molecule has 1 aliphatic heterocycles. The van der Waals surface area contributed by atoms with E-state index in [1.54, 1.807) is 24.3 Å². The van der Waals surface area contributed by atoms with Crippen molar-refractivity contribution in [3.63, 3.8) is 0 Å². The van der Waals surface area contributed by atoms with Gasteiger partial charge in [0.2, 0.25) is 10.0 Å². The zero-order valence-corrected chi connectivity index (χ0v) is 17.3. The van der Waals surface area contributed by atoms with Crippen molar-refractivity contribution in [2.24, 2.45) is 0 Å². The van der Waals surface area contributed by atoms with E-state index >= 15 is 0 Å². The first-order chi connectivity index (χ1) is 15.1. The van der Waals surface area contributed by atoms with Gasteiger partial charge in [-0.25, -0.2) is 13.5 Å². The summed E-state index contributed by atoms with van der Waals surface area (Å²) in [6, 6.07) is 10.0. The average Bonchev–Trinajstić information content (AvgIpc) is 2.79. The Kier molecular flexibility index (Phi) is 5.51. The third-order valence-electron chi connectivity index (χ3n) is 5.22. The molecule has 0 atom stereocenters. The minimum Gasteiger partial charge on any atom is -0.335 e. The van der Waals surface area contributed by atoms with Crippen LogP contribution in [-0.4, -0.2) is 59.9 Å². The Balaban J connectivity index is 1.53. The van der Waals surface area contributed by atoms with Crippen LogP contribution in [0.1, 0.15) is 16.1 Å². The molecule has 0 aliphatic carbocycles. The first-order valence-electron chi connectivity index (χ1n) is 9.53. The Bertz CT molecular complexity index is 1350. The van der Waals surface area contributed by atoms with Gasteiger partial charge in [0.15, 0.2) is 5.69 Å². The van der Waals surface area contributed by atoms with Crippen molar-refractivity contribution in [3.05, 3.63) is 70.1 Å². The van der Waals surface area contributed by atoms with Gasteiger partial charge < -0.3 is 4.90 Å². The molecule has 1 aromatic heterocycles. The summed E-state index contributed by atoms with van der Waals surface area (Å²) in [6.45, 7) is -0.143. The summed E-state index contributed by atoms with van der Waals surface area (Å²) in [7, 11) is -4.17. The fourth-order valence-corrected chi connectivity index (χ4v) is 5.01. The molecule has 1 amide bonds. The van der Waals surface area contributed by atoms with Gasteiger partial charge in [0.25, 0.3) is 11.5 Å². The lowest BCUT2D eigenvalue weighted by Gasteiger charge is -2.34. The lowest BCUT2D eigenvalue weighted by molar-refractivity contribution is -0.137. The van der Waals surface area contributed by atoms with Crippen LogP contribution in [0.25, 0.3) is 10.8 Å². The van der Waals surface area contributed by atoms with Crippen molar-refractivity contribution in [1.82, 2.24) is 19.4 Å². The highest BCUT2D eigenvalue weighted by atomic mass is 32.2. The fraction of sp³-hybridized carbons (Fsp3) is 0.250. The number of piperazine rings is 1. The first-order valence-corrected chi connectivity index (χ1v) is 11.0. The molecule has 32 heavy (non-hydrogen) atoms. The van der Waals surface area contributed by atoms with Crippen molar-refractivity contribution in [3.8, 4) is 0 Å². The molecule has 3 aromatic rings. The normalized spacial score (nSPS) is 15.8. The lowest BCUT2D eigenvalue weighted by atomic mass is 10.1. The van der Waals surface area contributed by atoms with Gasteiger partial charge in [0, 0.05) is 31.6 Å². The summed E-state index contributed by atoms with van der Waals surface area (Å²) in [6.07, 6.45) is -4.66. The monoisotopic (exact) mass is 466 g/mol. The van der Waals surface area contributed by atoms with E-state index in [1.165, 1.54) is 4.90 Å². The number of carbonyl (C=O) groups is 1. The number of benzene rings is 2. The second-order valence-corrected chi connectivity index (χ2v) is 9.11. The molecule has 0 radical (unpaired) electrons. The van der Waals surface area contributed by atoms with E-state index < -0.39 is 38.1 Å². The van der Waals surface area contributed by atoms with Gasteiger partial charge in [-0.3, -0.25) is 9.59 Å². The number of amides is 1. The van der Waals surface area contributed by atoms with Crippen LogP contribution in [0.15, 0.2) is 58.2 Å². The SMILES string of the molecule is O=C(c1n[nH]c(=O)c2ccccc12)N1CCN(S(=O)(=O)c2cccc(C(F)(F)F)c2)CC1. The Morgan fingerprint density at radius 1 is 0.969 bits per heavy atom. The number of nitrogens with zero attached hydrogens (tertiary/aromatic N) is 3. The first kappa shape index (κ1) is 22.0. The summed E-state index contributed by atoms with van der Waals surface area (Å²) >= 11 is 0. The number of sulfonamides is 1. The molecule has 0 unspecified atom stereocenters. The molecular weight excluding hydrogens is 449 g/mol. The number of aromatic amines is 1. The van der Waals surface area contributed by atoms with Crippen molar-refractivity contribution < 1.29 is 26.4 Å². The number of nitrogens with one attached hydrogen (secondary N) is 1. The highest BCUT2D eigenvalue weighted by molar-refractivity contribution is 7.89. The number of fused-ring (bicyclic) bond motifs is 1. The maximum atomic E-state index is 13.0. The van der Waals surface area contributed by atoms with Crippen LogP contribution in [0.3, 0.4) is 0 Å². The third kappa shape index (κ3) is 3.98. The van der Waals surface area contributed by atoms with E-state index in [9.17, 15) is 31.2 Å². The predicted molar refractivity (Wildman–Crippen MR) is 108 cm³/mol. The largest absolute Gasteiger partial charge is 0.416 e. The van der Waals surface area contributed by atoms with Crippen LogP contribution in [0.4, 0.5) is 13.2 Å². The van der Waals surface area contributed by atoms with Crippen LogP contribution in [-0.2, 0) is 16.2 Å². The lowest BCUT2D eigenvalue weighted by Crippen LogP contribution is -2.50. The Hall–Kier alpha value is -3.25. The van der Waals surface area contributed by atoms with Gasteiger partial charge in [0.05, 0.1) is 15.8 Å². The van der Waals surface area contributed by atoms with E-state index in [2.05, 4.69) is 10.2 Å². The van der Waals surface area contributed by atoms with Crippen molar-refractivity contribution in [2.75, 3.05) is 26.2 Å². The number of halogens is 3. The quantitative estimate of drug-likeness (QED) is 0.637. The van der Waals surface area contributed by atoms with E-state index in [0.29, 0.717) is 16.8 Å². The molecule has 0 saturated carbocycles. The summed E-state index contributed by atoms with van der Waals surface area (Å²) in [5.41, 5.74) is -1.45. The molecular formula is C20H17F3N4O4S. The fourth-order valence-electron chi connectivity index (χ4n) is 3.54. The Labute approximate surface area is 180 Å². The Morgan fingerprint density at radius 2 is 1.62 bits per heavy atom. The second kappa shape index (κ2) is 8.02. The second-order valence-electron chi connectivity index (χ2n) is 7.17. The van der Waals surface area contributed by atoms with Crippen LogP contribution in [0.2, 0.25) is 0 Å². The highest BCUT2D eigenvalue weighted by Gasteiger charge is 2.35. The predicted octanol–water partition coefficient (Wildman–Crippen LogP) is 2.09. The molecule has 2 aromatic carbocycles. The standard InChI is InChI=1S/C20H17F3N4O4S/c21-20(22,23)13-4-3-5-14(12-13)32(30,31)27-10-8-26(9-11-27)19(29)17-15-6-1-2-7-16(15)18(28)25-24-17/h1-7,12H,8-11H2,(H,25,28). The zero-order valence-electron chi connectivity index (χ0n) is 16.5. The number of aromatic nitrogens is 2. The van der Waals surface area contributed by atoms with Gasteiger partial charge in [-0.15, -0.1) is 0 Å². The van der Waals surface area contributed by atoms with Crippen molar-refractivity contribution in [2.45, 2.75) is 11.1 Å². The molecule has 1 saturated heterocycles. The molecule has 12 heteroatoms. The molecule has 168 valence electrons. The van der Waals surface area contributed by atoms with E-state index in [1.807, 2.05) is 0 Å². The van der Waals surface area contributed by atoms with E-state index in [-0.39, 0.29) is 31.9 Å². The maximum absolute atomic E-state index is 13.0. The summed E-state index contributed by atoms with van der Waals surface area (Å²) in [4.78, 5) is 25.8. The number of alkyl halides is 3. The molecule has 4 rings (SSSR count). The van der Waals surface area contributed by atoms with Gasteiger partial charge in [-0.2, -0.15) is 22.6 Å². The molecule has 1 fully saturated rings. The Morgan fingerprint density at radius 3 is 2.28 bits per heavy atom. The van der Waals surface area contributed by atoms with Crippen LogP contribution in [0.5, 0.6) is 0 Å². The molecule has 0 spiro atoms. The van der Waals surface area contributed by atoms with Crippen LogP contribution in [0, 0.1) is 0 Å². The maximum Gasteiger partial charge on any atom is 0.416 e. The smallest absolute Gasteiger partial charge is 0.335 e. The number of H-pyrrole nitrogens is 1. The molecule has 2 heterocycles. The highest BCUT2D eigenvalue weighted by Crippen LogP contribution is 2.31. The van der Waals surface area contributed by atoms with Crippen molar-refractivity contribution in [1.29, 1.82) is 0 Å². The molecule has 8 nitrogen and oxygen atoms in total. The zero-order chi connectivity index (χ0) is 23.1. The van der Waals surface area contributed by atoms with E-state index in [4.69, 9.17) is 0 Å². The van der Waals surface area contributed by atoms with Gasteiger partial charge >= 0.3 is 6.18 Å². The summed E-state index contributed by atoms with van der Waals surface area (Å²) in [5, 5.41) is 6.82. The summed E-state index contributed by atoms with van der Waals surface area (Å²) in [5.74, 6) is -0.478. The average molecular weight is 466 g/mol. The molecule has 1 N–H and O–H groups in total. The molecule has 0 bridgehead atoms. The van der Waals surface area contributed by atoms with Gasteiger partial charge in [-0.05, 0) is 24.3 Å². The minimum atomic E-state index is -4.66. The van der Waals surface area contributed by atoms with Gasteiger partial charge in [0.1, 0.15) is 0 Å². The van der Waals surface area contributed by atoms with Gasteiger partial charge in [-0.1, -0.05) is 24.3 Å². The number of hydrogen-bond donors (Lipinski definition) is 1. The summed E-state index contributed by atoms with van der Waals surface area (Å²) < 4.78 is 65.6. The number of hydrogen-bond acceptors (Lipinski definition) is 5. The van der Waals surface area contributed by atoms with E-state index in [0.717, 1.165) is 22.5 Å². The third-order valence-corrected chi connectivity index (χ3v) is 7.12. The molecule has 1 aliphatic rings. The van der Waals surface area contributed by atoms with Crippen molar-refractivity contribution >= 4 is 26.7 Å². The topological polar surface area (TPSA) is 103 Å². The number of carbonyl (C=O) groups excluding carboxylic acids is 1. The van der Waals surface area contributed by atoms with Crippen LogP contribution >= 0.6 is 0 Å².